The second-order valence-corrected chi connectivity index (χ2v) is 2.65. The van der Waals surface area contributed by atoms with Crippen molar-refractivity contribution < 1.29 is 8.60 Å². The first-order valence-electron chi connectivity index (χ1n) is 2.46. The highest BCUT2D eigenvalue weighted by atomic mass is 32.2. The Labute approximate surface area is 50.8 Å². The highest BCUT2D eigenvalue weighted by molar-refractivity contribution is 7.82. The molecule has 0 radical (unpaired) electrons. The van der Waals surface area contributed by atoms with Crippen molar-refractivity contribution in [3.8, 4) is 0 Å². The molecule has 0 aromatic rings. The first-order valence-corrected chi connectivity index (χ1v) is 3.84. The Hall–Kier alpha value is 0.0400. The summed E-state index contributed by atoms with van der Waals surface area (Å²) in [5, 5.41) is 4.88. The summed E-state index contributed by atoms with van der Waals surface area (Å²) >= 11 is 0. The van der Waals surface area contributed by atoms with Crippen LogP contribution >= 0.6 is 0 Å². The van der Waals surface area contributed by atoms with E-state index < -0.39 is 11.0 Å². The van der Waals surface area contributed by atoms with Crippen molar-refractivity contribution in [3.63, 3.8) is 0 Å². The highest BCUT2D eigenvalue weighted by Crippen LogP contribution is 1.88. The fraction of sp³-hybridized carbons (Fsp3) is 1.00. The Morgan fingerprint density at radius 1 is 1.50 bits per heavy atom. The van der Waals surface area contributed by atoms with Gasteiger partial charge in [-0.05, 0) is 12.8 Å². The average molecular weight is 139 g/mol. The summed E-state index contributed by atoms with van der Waals surface area (Å²) in [6.07, 6.45) is 1.10. The highest BCUT2D eigenvalue weighted by Gasteiger charge is 1.89. The van der Waals surface area contributed by atoms with Gasteiger partial charge in [0.2, 0.25) is 0 Å². The quantitative estimate of drug-likeness (QED) is 0.561. The number of hydrogen-bond acceptors (Lipinski definition) is 1. The molecule has 0 fully saturated rings. The van der Waals surface area contributed by atoms with Gasteiger partial charge in [-0.25, -0.2) is 4.21 Å². The van der Waals surface area contributed by atoms with Crippen LogP contribution in [0.3, 0.4) is 0 Å². The maximum absolute atomic E-state index is 11.3. The maximum atomic E-state index is 11.3. The summed E-state index contributed by atoms with van der Waals surface area (Å²) in [5.74, 6) is 0.421. The van der Waals surface area contributed by atoms with Crippen molar-refractivity contribution in [1.82, 2.24) is 0 Å². The van der Waals surface area contributed by atoms with Crippen LogP contribution in [0.25, 0.3) is 0 Å². The van der Waals surface area contributed by atoms with E-state index in [9.17, 15) is 8.60 Å². The van der Waals surface area contributed by atoms with Gasteiger partial charge in [0.15, 0.2) is 0 Å². The zero-order valence-corrected chi connectivity index (χ0v) is 5.42. The van der Waals surface area contributed by atoms with Gasteiger partial charge >= 0.3 is 0 Å². The molecule has 50 valence electrons. The predicted octanol–water partition coefficient (Wildman–Crippen LogP) is 0.358. The van der Waals surface area contributed by atoms with E-state index in [-0.39, 0.29) is 6.67 Å². The van der Waals surface area contributed by atoms with Crippen LogP contribution < -0.4 is 5.14 Å². The number of nitrogens with two attached hydrogens (primary N) is 1. The minimum Gasteiger partial charge on any atom is -0.252 e. The van der Waals surface area contributed by atoms with Gasteiger partial charge < -0.3 is 0 Å². The van der Waals surface area contributed by atoms with E-state index in [4.69, 9.17) is 5.14 Å². The van der Waals surface area contributed by atoms with E-state index in [2.05, 4.69) is 0 Å². The largest absolute Gasteiger partial charge is 0.252 e. The second kappa shape index (κ2) is 5.18. The van der Waals surface area contributed by atoms with Crippen molar-refractivity contribution in [2.24, 2.45) is 5.14 Å². The Bertz CT molecular complexity index is 78.4. The first kappa shape index (κ1) is 8.04. The Balaban J connectivity index is 2.82. The standard InChI is InChI=1S/C4H10FNOS/c5-3-1-2-4-8(6)7/h1-4,6H2. The third kappa shape index (κ3) is 6.04. The molecular formula is C4H10FNOS. The van der Waals surface area contributed by atoms with Crippen molar-refractivity contribution >= 4 is 11.0 Å². The van der Waals surface area contributed by atoms with Crippen LogP contribution in [0.5, 0.6) is 0 Å². The molecule has 0 amide bonds. The summed E-state index contributed by atoms with van der Waals surface area (Å²) in [6, 6.07) is 0. The molecule has 2 N–H and O–H groups in total. The van der Waals surface area contributed by atoms with Crippen LogP contribution in [0.1, 0.15) is 12.8 Å². The lowest BCUT2D eigenvalue weighted by Gasteiger charge is -1.90. The summed E-state index contributed by atoms with van der Waals surface area (Å²) in [4.78, 5) is 0. The fourth-order valence-corrected chi connectivity index (χ4v) is 0.827. The van der Waals surface area contributed by atoms with Crippen LogP contribution in [0.2, 0.25) is 0 Å². The third-order valence-electron chi connectivity index (χ3n) is 0.729. The van der Waals surface area contributed by atoms with Crippen LogP contribution in [-0.4, -0.2) is 16.6 Å². The molecule has 0 aliphatic rings. The number of halogens is 1. The molecule has 0 aliphatic carbocycles. The zero-order chi connectivity index (χ0) is 6.41. The molecule has 0 aromatic heterocycles. The fourth-order valence-electron chi connectivity index (χ4n) is 0.339. The second-order valence-electron chi connectivity index (χ2n) is 1.48. The van der Waals surface area contributed by atoms with Gasteiger partial charge in [0.05, 0.1) is 17.7 Å². The van der Waals surface area contributed by atoms with E-state index in [1.807, 2.05) is 0 Å². The lowest BCUT2D eigenvalue weighted by Crippen LogP contribution is -2.07. The van der Waals surface area contributed by atoms with Gasteiger partial charge in [0, 0.05) is 5.75 Å². The van der Waals surface area contributed by atoms with Crippen LogP contribution in [0.4, 0.5) is 4.39 Å². The Morgan fingerprint density at radius 3 is 2.50 bits per heavy atom. The third-order valence-corrected chi connectivity index (χ3v) is 1.42. The number of rotatable bonds is 4. The van der Waals surface area contributed by atoms with E-state index >= 15 is 0 Å². The number of hydrogen-bond donors (Lipinski definition) is 1. The Morgan fingerprint density at radius 2 is 2.12 bits per heavy atom. The summed E-state index contributed by atoms with van der Waals surface area (Å²) in [7, 11) is -1.23. The molecule has 0 bridgehead atoms. The van der Waals surface area contributed by atoms with Crippen molar-refractivity contribution in [2.45, 2.75) is 12.8 Å². The maximum Gasteiger partial charge on any atom is 0.0894 e. The lowest BCUT2D eigenvalue weighted by atomic mass is 10.4. The molecule has 0 saturated carbocycles. The van der Waals surface area contributed by atoms with Crippen molar-refractivity contribution in [3.05, 3.63) is 0 Å². The summed E-state index contributed by atoms with van der Waals surface area (Å²) in [6.45, 7) is -0.336. The number of unbranched alkanes of at least 4 members (excludes halogenated alkanes) is 1. The van der Waals surface area contributed by atoms with E-state index in [1.54, 1.807) is 0 Å². The zero-order valence-electron chi connectivity index (χ0n) is 4.60. The molecule has 4 heteroatoms. The summed E-state index contributed by atoms with van der Waals surface area (Å²) in [5.41, 5.74) is 0. The molecule has 2 nitrogen and oxygen atoms in total. The normalized spacial score (nSPS) is 13.8. The minimum absolute atomic E-state index is 0.336. The molecule has 0 heterocycles. The molecule has 1 unspecified atom stereocenters. The van der Waals surface area contributed by atoms with Crippen LogP contribution in [0, 0.1) is 0 Å². The minimum atomic E-state index is -1.23. The van der Waals surface area contributed by atoms with E-state index in [0.717, 1.165) is 0 Å². The van der Waals surface area contributed by atoms with Crippen molar-refractivity contribution in [1.29, 1.82) is 0 Å². The lowest BCUT2D eigenvalue weighted by molar-refractivity contribution is 0.469. The molecule has 0 rings (SSSR count). The summed E-state index contributed by atoms with van der Waals surface area (Å²) < 4.78 is 21.4. The van der Waals surface area contributed by atoms with Gasteiger partial charge in [0.1, 0.15) is 0 Å². The molecule has 0 saturated heterocycles. The van der Waals surface area contributed by atoms with Gasteiger partial charge in [-0.3, -0.25) is 9.53 Å². The first-order chi connectivity index (χ1) is 3.77. The van der Waals surface area contributed by atoms with Crippen LogP contribution in [0.15, 0.2) is 0 Å². The smallest absolute Gasteiger partial charge is 0.0894 e. The van der Waals surface area contributed by atoms with Crippen molar-refractivity contribution in [2.75, 3.05) is 12.4 Å². The molecule has 8 heavy (non-hydrogen) atoms. The SMILES string of the molecule is NS(=O)CCCCF. The Kier molecular flexibility index (Phi) is 5.21. The molecule has 1 atom stereocenters. The molecule has 0 spiro atoms. The van der Waals surface area contributed by atoms with E-state index in [1.165, 1.54) is 0 Å². The predicted molar refractivity (Wildman–Crippen MR) is 32.4 cm³/mol. The van der Waals surface area contributed by atoms with Gasteiger partial charge in [-0.2, -0.15) is 0 Å². The number of alkyl halides is 1. The van der Waals surface area contributed by atoms with Gasteiger partial charge in [-0.15, -0.1) is 0 Å². The van der Waals surface area contributed by atoms with E-state index in [0.29, 0.717) is 18.6 Å². The molecular weight excluding hydrogens is 129 g/mol. The monoisotopic (exact) mass is 139 g/mol. The average Bonchev–Trinajstić information content (AvgIpc) is 1.66. The molecule has 0 aromatic carbocycles. The topological polar surface area (TPSA) is 43.1 Å². The molecule has 0 aliphatic heterocycles. The van der Waals surface area contributed by atoms with Gasteiger partial charge in [-0.1, -0.05) is 0 Å². The van der Waals surface area contributed by atoms with Gasteiger partial charge in [0.25, 0.3) is 0 Å². The van der Waals surface area contributed by atoms with Crippen LogP contribution in [-0.2, 0) is 11.0 Å².